The Bertz CT molecular complexity index is 773. The van der Waals surface area contributed by atoms with Gasteiger partial charge in [0.05, 0.1) is 0 Å². The standard InChI is InChI=1S/C23H40N6O6/c1-6-16(19(25)31)28-21(33)18(11-7-9-13-24)29-20(32)17(27-15(2)30)12-8-10-14-26-22(34)35-23(3,4)5/h1,16-18H,7-14,24H2,2-5H3,(H2,25,31)(H,26,34)(H,27,30)(H,28,33)(H,29,32)/t16-,17-,18-/m0/s1. The van der Waals surface area contributed by atoms with Gasteiger partial charge in [-0.1, -0.05) is 5.92 Å². The summed E-state index contributed by atoms with van der Waals surface area (Å²) in [6.07, 6.45) is 7.39. The fourth-order valence-corrected chi connectivity index (χ4v) is 2.96. The van der Waals surface area contributed by atoms with E-state index in [0.29, 0.717) is 38.8 Å². The third-order valence-electron chi connectivity index (χ3n) is 4.60. The van der Waals surface area contributed by atoms with E-state index >= 15 is 0 Å². The lowest BCUT2D eigenvalue weighted by Gasteiger charge is -2.24. The van der Waals surface area contributed by atoms with Gasteiger partial charge in [-0.05, 0) is 65.8 Å². The summed E-state index contributed by atoms with van der Waals surface area (Å²) in [5.41, 5.74) is 10.1. The molecule has 8 N–H and O–H groups in total. The third-order valence-corrected chi connectivity index (χ3v) is 4.60. The summed E-state index contributed by atoms with van der Waals surface area (Å²) in [7, 11) is 0. The lowest BCUT2D eigenvalue weighted by atomic mass is 10.0. The number of carbonyl (C=O) groups is 5. The van der Waals surface area contributed by atoms with Crippen molar-refractivity contribution in [2.24, 2.45) is 11.5 Å². The maximum absolute atomic E-state index is 12.9. The highest BCUT2D eigenvalue weighted by Crippen LogP contribution is 2.08. The largest absolute Gasteiger partial charge is 0.444 e. The summed E-state index contributed by atoms with van der Waals surface area (Å²) in [6.45, 7) is 7.28. The molecule has 12 nitrogen and oxygen atoms in total. The monoisotopic (exact) mass is 496 g/mol. The highest BCUT2D eigenvalue weighted by molar-refractivity contribution is 5.94. The minimum Gasteiger partial charge on any atom is -0.444 e. The van der Waals surface area contributed by atoms with Crippen molar-refractivity contribution in [3.05, 3.63) is 0 Å². The second kappa shape index (κ2) is 16.3. The number of nitrogens with two attached hydrogens (primary N) is 2. The molecule has 0 aliphatic carbocycles. The van der Waals surface area contributed by atoms with E-state index in [4.69, 9.17) is 22.6 Å². The summed E-state index contributed by atoms with van der Waals surface area (Å²) in [5.74, 6) is -0.464. The summed E-state index contributed by atoms with van der Waals surface area (Å²) in [4.78, 5) is 60.2. The Morgan fingerprint density at radius 2 is 1.46 bits per heavy atom. The molecule has 0 aromatic heterocycles. The molecule has 0 aromatic carbocycles. The molecule has 12 heteroatoms. The third kappa shape index (κ3) is 15.2. The van der Waals surface area contributed by atoms with E-state index in [1.54, 1.807) is 20.8 Å². The number of unbranched alkanes of at least 4 members (excludes halogenated alkanes) is 2. The van der Waals surface area contributed by atoms with Crippen LogP contribution in [0.15, 0.2) is 0 Å². The van der Waals surface area contributed by atoms with E-state index in [0.717, 1.165) is 0 Å². The van der Waals surface area contributed by atoms with Crippen LogP contribution in [0.25, 0.3) is 0 Å². The van der Waals surface area contributed by atoms with Gasteiger partial charge in [-0.2, -0.15) is 0 Å². The van der Waals surface area contributed by atoms with E-state index in [9.17, 15) is 24.0 Å². The minimum atomic E-state index is -1.32. The average Bonchev–Trinajstić information content (AvgIpc) is 2.73. The van der Waals surface area contributed by atoms with Gasteiger partial charge in [0.1, 0.15) is 17.7 Å². The molecule has 0 heterocycles. The lowest BCUT2D eigenvalue weighted by Crippen LogP contribution is -2.56. The zero-order valence-electron chi connectivity index (χ0n) is 21.1. The quantitative estimate of drug-likeness (QED) is 0.129. The molecular weight excluding hydrogens is 456 g/mol. The Morgan fingerprint density at radius 3 is 1.94 bits per heavy atom. The van der Waals surface area contributed by atoms with Gasteiger partial charge in [0.2, 0.25) is 17.7 Å². The highest BCUT2D eigenvalue weighted by Gasteiger charge is 2.28. The zero-order chi connectivity index (χ0) is 27.0. The number of ether oxygens (including phenoxy) is 1. The number of terminal acetylenes is 1. The average molecular weight is 497 g/mol. The highest BCUT2D eigenvalue weighted by atomic mass is 16.6. The predicted molar refractivity (Wildman–Crippen MR) is 130 cm³/mol. The maximum atomic E-state index is 12.9. The fraction of sp³-hybridized carbons (Fsp3) is 0.696. The van der Waals surface area contributed by atoms with Crippen LogP contribution in [0.2, 0.25) is 0 Å². The molecule has 0 aromatic rings. The molecule has 5 amide bonds. The van der Waals surface area contributed by atoms with Crippen LogP contribution in [0, 0.1) is 12.3 Å². The fourth-order valence-electron chi connectivity index (χ4n) is 2.96. The molecule has 0 aliphatic heterocycles. The van der Waals surface area contributed by atoms with Gasteiger partial charge in [-0.3, -0.25) is 19.2 Å². The molecule has 0 fully saturated rings. The van der Waals surface area contributed by atoms with Gasteiger partial charge >= 0.3 is 6.09 Å². The number of hydrogen-bond acceptors (Lipinski definition) is 7. The van der Waals surface area contributed by atoms with Crippen LogP contribution in [0.1, 0.15) is 66.2 Å². The van der Waals surface area contributed by atoms with Crippen LogP contribution in [0.3, 0.4) is 0 Å². The van der Waals surface area contributed by atoms with Crippen LogP contribution < -0.4 is 32.7 Å². The van der Waals surface area contributed by atoms with E-state index in [-0.39, 0.29) is 12.8 Å². The number of hydrogen-bond donors (Lipinski definition) is 6. The molecule has 0 rings (SSSR count). The van der Waals surface area contributed by atoms with E-state index in [1.165, 1.54) is 6.92 Å². The first-order chi connectivity index (χ1) is 16.3. The number of alkyl carbamates (subject to hydrolysis) is 1. The zero-order valence-corrected chi connectivity index (χ0v) is 21.1. The topological polar surface area (TPSA) is 195 Å². The summed E-state index contributed by atoms with van der Waals surface area (Å²) in [5, 5.41) is 10.1. The van der Waals surface area contributed by atoms with Crippen molar-refractivity contribution < 1.29 is 28.7 Å². The molecule has 0 bridgehead atoms. The number of amides is 5. The van der Waals surface area contributed by atoms with Crippen molar-refractivity contribution in [2.45, 2.75) is 89.9 Å². The Kier molecular flexibility index (Phi) is 14.8. The smallest absolute Gasteiger partial charge is 0.407 e. The van der Waals surface area contributed by atoms with Crippen molar-refractivity contribution in [2.75, 3.05) is 13.1 Å². The first kappa shape index (κ1) is 31.7. The molecule has 198 valence electrons. The van der Waals surface area contributed by atoms with Gasteiger partial charge in [-0.25, -0.2) is 4.79 Å². The van der Waals surface area contributed by atoms with Crippen molar-refractivity contribution in [3.63, 3.8) is 0 Å². The van der Waals surface area contributed by atoms with E-state index in [1.807, 2.05) is 0 Å². The summed E-state index contributed by atoms with van der Waals surface area (Å²) >= 11 is 0. The van der Waals surface area contributed by atoms with Gasteiger partial charge < -0.3 is 37.5 Å². The minimum absolute atomic E-state index is 0.247. The van der Waals surface area contributed by atoms with Gasteiger partial charge in [0.15, 0.2) is 6.04 Å². The van der Waals surface area contributed by atoms with Crippen molar-refractivity contribution in [1.29, 1.82) is 0 Å². The molecule has 0 saturated carbocycles. The number of carbonyl (C=O) groups excluding carboxylic acids is 5. The summed E-state index contributed by atoms with van der Waals surface area (Å²) < 4.78 is 5.15. The van der Waals surface area contributed by atoms with E-state index in [2.05, 4.69) is 27.2 Å². The Balaban J connectivity index is 5.04. The first-order valence-corrected chi connectivity index (χ1v) is 11.6. The molecule has 35 heavy (non-hydrogen) atoms. The van der Waals surface area contributed by atoms with Crippen LogP contribution in [0.5, 0.6) is 0 Å². The molecule has 3 atom stereocenters. The second-order valence-electron chi connectivity index (χ2n) is 9.03. The van der Waals surface area contributed by atoms with Crippen LogP contribution in [-0.2, 0) is 23.9 Å². The van der Waals surface area contributed by atoms with Crippen molar-refractivity contribution in [1.82, 2.24) is 21.3 Å². The van der Waals surface area contributed by atoms with Crippen LogP contribution in [-0.4, -0.2) is 66.5 Å². The SMILES string of the molecule is C#C[C@H](NC(=O)[C@H](CCCCN)NC(=O)[C@H](CCCCNC(=O)OC(C)(C)C)NC(C)=O)C(N)=O. The van der Waals surface area contributed by atoms with Gasteiger partial charge in [-0.15, -0.1) is 6.42 Å². The van der Waals surface area contributed by atoms with Crippen molar-refractivity contribution >= 4 is 29.7 Å². The van der Waals surface area contributed by atoms with Gasteiger partial charge in [0, 0.05) is 13.5 Å². The molecular formula is C23H40N6O6. The number of primary amides is 1. The second-order valence-corrected chi connectivity index (χ2v) is 9.03. The molecule has 0 spiro atoms. The number of nitrogens with one attached hydrogen (secondary N) is 4. The molecule has 0 saturated heterocycles. The molecule has 0 aliphatic rings. The normalized spacial score (nSPS) is 13.4. The van der Waals surface area contributed by atoms with Crippen LogP contribution >= 0.6 is 0 Å². The van der Waals surface area contributed by atoms with Gasteiger partial charge in [0.25, 0.3) is 5.91 Å². The Morgan fingerprint density at radius 1 is 0.914 bits per heavy atom. The predicted octanol–water partition coefficient (Wildman–Crippen LogP) is -0.597. The van der Waals surface area contributed by atoms with E-state index < -0.39 is 53.4 Å². The summed E-state index contributed by atoms with van der Waals surface area (Å²) in [6, 6.07) is -3.23. The maximum Gasteiger partial charge on any atom is 0.407 e. The lowest BCUT2D eigenvalue weighted by molar-refractivity contribution is -0.132. The first-order valence-electron chi connectivity index (χ1n) is 11.6. The Hall–Kier alpha value is -3.33. The molecule has 0 unspecified atom stereocenters. The number of rotatable bonds is 15. The Labute approximate surface area is 207 Å². The van der Waals surface area contributed by atoms with Crippen LogP contribution in [0.4, 0.5) is 4.79 Å². The molecule has 0 radical (unpaired) electrons. The van der Waals surface area contributed by atoms with Crippen molar-refractivity contribution in [3.8, 4) is 12.3 Å².